The van der Waals surface area contributed by atoms with E-state index < -0.39 is 5.60 Å². The molecule has 182 valence electrons. The summed E-state index contributed by atoms with van der Waals surface area (Å²) in [6.45, 7) is 14.0. The highest BCUT2D eigenvalue weighted by molar-refractivity contribution is 6.62. The number of ether oxygens (including phenoxy) is 1. The fourth-order valence-corrected chi connectivity index (χ4v) is 5.35. The molecular weight excluding hydrogens is 429 g/mol. The number of benzene rings is 1. The van der Waals surface area contributed by atoms with E-state index in [4.69, 9.17) is 19.0 Å². The minimum Gasteiger partial charge on any atom is -0.444 e. The van der Waals surface area contributed by atoms with Gasteiger partial charge in [0.25, 0.3) is 0 Å². The van der Waals surface area contributed by atoms with Crippen molar-refractivity contribution in [2.45, 2.75) is 96.6 Å². The molecule has 3 heterocycles. The number of rotatable bonds is 3. The van der Waals surface area contributed by atoms with Crippen molar-refractivity contribution < 1.29 is 18.8 Å². The lowest BCUT2D eigenvalue weighted by molar-refractivity contribution is 0.00578. The van der Waals surface area contributed by atoms with Gasteiger partial charge in [0.1, 0.15) is 11.4 Å². The second-order valence-corrected chi connectivity index (χ2v) is 12.0. The minimum atomic E-state index is -0.517. The molecule has 1 N–H and O–H groups in total. The summed E-state index contributed by atoms with van der Waals surface area (Å²) in [5.41, 5.74) is 1.71. The highest BCUT2D eigenvalue weighted by atomic mass is 16.7. The highest BCUT2D eigenvalue weighted by Crippen LogP contribution is 2.50. The van der Waals surface area contributed by atoms with Crippen molar-refractivity contribution in [3.63, 3.8) is 0 Å². The topological polar surface area (TPSA) is 76.7 Å². The van der Waals surface area contributed by atoms with E-state index in [-0.39, 0.29) is 36.5 Å². The van der Waals surface area contributed by atoms with Crippen LogP contribution in [0.2, 0.25) is 0 Å². The predicted molar refractivity (Wildman–Crippen MR) is 132 cm³/mol. The first-order valence-electron chi connectivity index (χ1n) is 12.4. The first-order valence-corrected chi connectivity index (χ1v) is 12.4. The van der Waals surface area contributed by atoms with Gasteiger partial charge in [0.05, 0.1) is 29.1 Å². The van der Waals surface area contributed by atoms with Crippen LogP contribution >= 0.6 is 0 Å². The quantitative estimate of drug-likeness (QED) is 0.657. The van der Waals surface area contributed by atoms with Crippen LogP contribution in [0.3, 0.4) is 0 Å². The summed E-state index contributed by atoms with van der Waals surface area (Å²) in [5, 5.41) is 0. The van der Waals surface area contributed by atoms with Crippen LogP contribution in [0.15, 0.2) is 30.5 Å². The standard InChI is InChI=1S/C26H36BN3O4/c1-24(2,3)32-23(31)30-19-13-10-17(14-19)21(30)22-28-15-20(29-22)16-8-11-18(12-9-16)27-33-25(4,5)26(6,7)34-27/h8-9,11-12,15,17,19,21H,10,13-14H2,1-7H3,(H,28,29)/t17-,19+,21+/m0/s1. The lowest BCUT2D eigenvalue weighted by Crippen LogP contribution is -2.43. The number of amides is 1. The zero-order valence-corrected chi connectivity index (χ0v) is 21.3. The molecule has 1 aromatic heterocycles. The Morgan fingerprint density at radius 2 is 1.76 bits per heavy atom. The van der Waals surface area contributed by atoms with Crippen LogP contribution in [0.1, 0.15) is 79.6 Å². The van der Waals surface area contributed by atoms with E-state index >= 15 is 0 Å². The third-order valence-corrected chi connectivity index (χ3v) is 7.81. The van der Waals surface area contributed by atoms with Gasteiger partial charge in [-0.3, -0.25) is 4.90 Å². The van der Waals surface area contributed by atoms with Gasteiger partial charge in [0.15, 0.2) is 0 Å². The number of fused-ring (bicyclic) bond motifs is 2. The van der Waals surface area contributed by atoms with Gasteiger partial charge < -0.3 is 19.0 Å². The van der Waals surface area contributed by atoms with Gasteiger partial charge in [-0.1, -0.05) is 24.3 Å². The number of imidazole rings is 1. The van der Waals surface area contributed by atoms with Crippen LogP contribution in [0.4, 0.5) is 4.79 Å². The molecule has 2 aromatic rings. The molecule has 0 spiro atoms. The number of likely N-dealkylation sites (tertiary alicyclic amines) is 1. The van der Waals surface area contributed by atoms with Crippen LogP contribution in [-0.2, 0) is 14.0 Å². The molecule has 1 aliphatic carbocycles. The molecule has 1 saturated carbocycles. The molecular formula is C26H36BN3O4. The first kappa shape index (κ1) is 23.4. The van der Waals surface area contributed by atoms with Crippen molar-refractivity contribution in [3.8, 4) is 11.3 Å². The SMILES string of the molecule is CC(C)(C)OC(=O)N1[C@@H]2CC[C@@H](C2)[C@@H]1c1ncc(-c2ccc(B3OC(C)(C)C(C)(C)O3)cc2)[nH]1. The molecule has 0 radical (unpaired) electrons. The fourth-order valence-electron chi connectivity index (χ4n) is 5.35. The summed E-state index contributed by atoms with van der Waals surface area (Å²) in [5.74, 6) is 1.25. The van der Waals surface area contributed by atoms with Gasteiger partial charge in [0, 0.05) is 6.04 Å². The average molecular weight is 465 g/mol. The molecule has 3 atom stereocenters. The summed E-state index contributed by atoms with van der Waals surface area (Å²) in [6.07, 6.45) is 4.79. The minimum absolute atomic E-state index is 0.0635. The maximum absolute atomic E-state index is 13.0. The number of hydrogen-bond donors (Lipinski definition) is 1. The molecule has 34 heavy (non-hydrogen) atoms. The number of piperidine rings is 1. The molecule has 3 aliphatic rings. The number of nitrogens with one attached hydrogen (secondary N) is 1. The molecule has 7 nitrogen and oxygen atoms in total. The monoisotopic (exact) mass is 465 g/mol. The van der Waals surface area contributed by atoms with Gasteiger partial charge in [-0.15, -0.1) is 0 Å². The van der Waals surface area contributed by atoms with E-state index in [1.165, 1.54) is 0 Å². The fraction of sp³-hybridized carbons (Fsp3) is 0.615. The molecule has 1 amide bonds. The molecule has 2 bridgehead atoms. The van der Waals surface area contributed by atoms with Crippen molar-refractivity contribution in [2.75, 3.05) is 0 Å². The van der Waals surface area contributed by atoms with E-state index in [0.29, 0.717) is 5.92 Å². The Morgan fingerprint density at radius 3 is 2.38 bits per heavy atom. The molecule has 1 aromatic carbocycles. The molecule has 2 aliphatic heterocycles. The lowest BCUT2D eigenvalue weighted by atomic mass is 9.79. The maximum Gasteiger partial charge on any atom is 0.494 e. The van der Waals surface area contributed by atoms with E-state index in [2.05, 4.69) is 44.8 Å². The van der Waals surface area contributed by atoms with E-state index in [1.807, 2.05) is 44.0 Å². The zero-order valence-electron chi connectivity index (χ0n) is 21.3. The summed E-state index contributed by atoms with van der Waals surface area (Å²) in [7, 11) is -0.382. The van der Waals surface area contributed by atoms with E-state index in [1.54, 1.807) is 0 Å². The van der Waals surface area contributed by atoms with Gasteiger partial charge in [-0.2, -0.15) is 0 Å². The lowest BCUT2D eigenvalue weighted by Gasteiger charge is -2.35. The number of nitrogens with zero attached hydrogens (tertiary/aromatic N) is 2. The van der Waals surface area contributed by atoms with Crippen molar-refractivity contribution in [1.29, 1.82) is 0 Å². The molecule has 2 saturated heterocycles. The third kappa shape index (κ3) is 4.05. The van der Waals surface area contributed by atoms with Gasteiger partial charge >= 0.3 is 13.2 Å². The largest absolute Gasteiger partial charge is 0.494 e. The summed E-state index contributed by atoms with van der Waals surface area (Å²) in [4.78, 5) is 23.1. The van der Waals surface area contributed by atoms with Crippen LogP contribution in [-0.4, -0.2) is 50.9 Å². The van der Waals surface area contributed by atoms with Crippen molar-refractivity contribution in [2.24, 2.45) is 5.92 Å². The van der Waals surface area contributed by atoms with Crippen LogP contribution < -0.4 is 5.46 Å². The average Bonchev–Trinajstić information content (AvgIpc) is 3.49. The zero-order chi connectivity index (χ0) is 24.5. The number of carbonyl (C=O) groups is 1. The summed E-state index contributed by atoms with van der Waals surface area (Å²) >= 11 is 0. The van der Waals surface area contributed by atoms with Crippen molar-refractivity contribution >= 4 is 18.7 Å². The number of aromatic amines is 1. The Hall–Kier alpha value is -2.32. The Kier molecular flexibility index (Phi) is 5.41. The number of hydrogen-bond acceptors (Lipinski definition) is 5. The second kappa shape index (κ2) is 7.85. The van der Waals surface area contributed by atoms with Crippen LogP contribution in [0.25, 0.3) is 11.3 Å². The van der Waals surface area contributed by atoms with Gasteiger partial charge in [0.2, 0.25) is 0 Å². The van der Waals surface area contributed by atoms with Crippen LogP contribution in [0, 0.1) is 5.92 Å². The third-order valence-electron chi connectivity index (χ3n) is 7.81. The predicted octanol–water partition coefficient (Wildman–Crippen LogP) is 4.84. The Balaban J connectivity index is 1.34. The van der Waals surface area contributed by atoms with Gasteiger partial charge in [-0.05, 0) is 84.7 Å². The van der Waals surface area contributed by atoms with E-state index in [0.717, 1.165) is 41.8 Å². The normalized spacial score (nSPS) is 27.4. The Bertz CT molecular complexity index is 1060. The van der Waals surface area contributed by atoms with Crippen LogP contribution in [0.5, 0.6) is 0 Å². The summed E-state index contributed by atoms with van der Waals surface area (Å²) < 4.78 is 18.1. The Labute approximate surface area is 202 Å². The number of H-pyrrole nitrogens is 1. The smallest absolute Gasteiger partial charge is 0.444 e. The maximum atomic E-state index is 13.0. The van der Waals surface area contributed by atoms with Crippen molar-refractivity contribution in [1.82, 2.24) is 14.9 Å². The molecule has 0 unspecified atom stereocenters. The highest BCUT2D eigenvalue weighted by Gasteiger charge is 2.52. The number of aromatic nitrogens is 2. The summed E-state index contributed by atoms with van der Waals surface area (Å²) in [6, 6.07) is 8.38. The van der Waals surface area contributed by atoms with Crippen molar-refractivity contribution in [3.05, 3.63) is 36.3 Å². The number of carbonyl (C=O) groups excluding carboxylic acids is 1. The molecule has 5 rings (SSSR count). The molecule has 3 fully saturated rings. The van der Waals surface area contributed by atoms with E-state index in [9.17, 15) is 4.79 Å². The first-order chi connectivity index (χ1) is 15.8. The van der Waals surface area contributed by atoms with Gasteiger partial charge in [-0.25, -0.2) is 9.78 Å². The Morgan fingerprint density at radius 1 is 1.12 bits per heavy atom. The second-order valence-electron chi connectivity index (χ2n) is 12.0. The molecule has 8 heteroatoms.